The molecule has 2 nitrogen and oxygen atoms in total. The topological polar surface area (TPSA) is 20.3 Å². The zero-order valence-corrected chi connectivity index (χ0v) is 10.4. The Kier molecular flexibility index (Phi) is 2.63. The number of fused-ring (bicyclic) bond motifs is 1. The van der Waals surface area contributed by atoms with Crippen molar-refractivity contribution in [3.05, 3.63) is 70.8 Å². The molecule has 2 aromatic rings. The van der Waals surface area contributed by atoms with E-state index in [-0.39, 0.29) is 5.91 Å². The van der Waals surface area contributed by atoms with Gasteiger partial charge in [-0.3, -0.25) is 4.79 Å². The standard InChI is InChI=1S/C16H15NO/c1-12-6-8-13(9-7-12)16(18)17-10-14-4-2-3-5-15(14)11-17/h2-9H,10-11H2,1H3. The van der Waals surface area contributed by atoms with E-state index in [4.69, 9.17) is 0 Å². The molecule has 0 aliphatic carbocycles. The molecule has 0 bridgehead atoms. The zero-order valence-electron chi connectivity index (χ0n) is 10.4. The fourth-order valence-corrected chi connectivity index (χ4v) is 2.36. The first-order valence-electron chi connectivity index (χ1n) is 6.17. The highest BCUT2D eigenvalue weighted by Crippen LogP contribution is 2.23. The smallest absolute Gasteiger partial charge is 0.254 e. The number of nitrogens with zero attached hydrogens (tertiary/aromatic N) is 1. The quantitative estimate of drug-likeness (QED) is 0.746. The highest BCUT2D eigenvalue weighted by molar-refractivity contribution is 5.94. The maximum atomic E-state index is 12.4. The number of carbonyl (C=O) groups is 1. The average molecular weight is 237 g/mol. The van der Waals surface area contributed by atoms with Crippen LogP contribution in [0.3, 0.4) is 0 Å². The summed E-state index contributed by atoms with van der Waals surface area (Å²) in [6, 6.07) is 16.0. The summed E-state index contributed by atoms with van der Waals surface area (Å²) < 4.78 is 0. The monoisotopic (exact) mass is 237 g/mol. The van der Waals surface area contributed by atoms with Crippen molar-refractivity contribution in [3.63, 3.8) is 0 Å². The summed E-state index contributed by atoms with van der Waals surface area (Å²) >= 11 is 0. The summed E-state index contributed by atoms with van der Waals surface area (Å²) in [6.07, 6.45) is 0. The Labute approximate surface area is 107 Å². The molecular weight excluding hydrogens is 222 g/mol. The zero-order chi connectivity index (χ0) is 12.5. The number of rotatable bonds is 1. The molecule has 1 heterocycles. The lowest BCUT2D eigenvalue weighted by molar-refractivity contribution is 0.0751. The Morgan fingerprint density at radius 3 is 2.06 bits per heavy atom. The summed E-state index contributed by atoms with van der Waals surface area (Å²) in [7, 11) is 0. The molecule has 0 radical (unpaired) electrons. The minimum atomic E-state index is 0.117. The molecule has 2 aromatic carbocycles. The van der Waals surface area contributed by atoms with Gasteiger partial charge in [0.15, 0.2) is 0 Å². The summed E-state index contributed by atoms with van der Waals surface area (Å²) in [5.41, 5.74) is 4.47. The lowest BCUT2D eigenvalue weighted by Crippen LogP contribution is -2.25. The second-order valence-electron chi connectivity index (χ2n) is 4.80. The van der Waals surface area contributed by atoms with Crippen LogP contribution in [0.1, 0.15) is 27.0 Å². The maximum Gasteiger partial charge on any atom is 0.254 e. The third-order valence-corrected chi connectivity index (χ3v) is 3.43. The Hall–Kier alpha value is -2.09. The van der Waals surface area contributed by atoms with Crippen molar-refractivity contribution in [2.24, 2.45) is 0 Å². The minimum Gasteiger partial charge on any atom is -0.330 e. The van der Waals surface area contributed by atoms with Gasteiger partial charge in [-0.2, -0.15) is 0 Å². The highest BCUT2D eigenvalue weighted by atomic mass is 16.2. The van der Waals surface area contributed by atoms with Crippen LogP contribution in [0, 0.1) is 6.92 Å². The molecule has 0 N–H and O–H groups in total. The van der Waals surface area contributed by atoms with Crippen molar-refractivity contribution in [2.75, 3.05) is 0 Å². The number of benzene rings is 2. The molecule has 0 saturated heterocycles. The number of aryl methyl sites for hydroxylation is 1. The molecule has 0 aromatic heterocycles. The normalized spacial score (nSPS) is 13.5. The van der Waals surface area contributed by atoms with Gasteiger partial charge in [-0.25, -0.2) is 0 Å². The lowest BCUT2D eigenvalue weighted by atomic mass is 10.1. The first-order chi connectivity index (χ1) is 8.74. The molecule has 1 aliphatic rings. The summed E-state index contributed by atoms with van der Waals surface area (Å²) in [6.45, 7) is 3.48. The van der Waals surface area contributed by atoms with Gasteiger partial charge in [0.2, 0.25) is 0 Å². The molecule has 0 atom stereocenters. The largest absolute Gasteiger partial charge is 0.330 e. The Bertz CT molecular complexity index is 561. The van der Waals surface area contributed by atoms with Gasteiger partial charge in [-0.1, -0.05) is 42.0 Å². The average Bonchev–Trinajstić information content (AvgIpc) is 2.82. The molecule has 3 rings (SSSR count). The first-order valence-corrected chi connectivity index (χ1v) is 6.17. The number of hydrogen-bond acceptors (Lipinski definition) is 1. The van der Waals surface area contributed by atoms with E-state index in [0.717, 1.165) is 18.7 Å². The van der Waals surface area contributed by atoms with Gasteiger partial charge in [-0.15, -0.1) is 0 Å². The van der Waals surface area contributed by atoms with Gasteiger partial charge in [0.1, 0.15) is 0 Å². The fraction of sp³-hybridized carbons (Fsp3) is 0.188. The van der Waals surface area contributed by atoms with Gasteiger partial charge in [0, 0.05) is 18.7 Å². The van der Waals surface area contributed by atoms with Gasteiger partial charge in [0.05, 0.1) is 0 Å². The number of carbonyl (C=O) groups excluding carboxylic acids is 1. The third kappa shape index (κ3) is 1.90. The lowest BCUT2D eigenvalue weighted by Gasteiger charge is -2.15. The predicted octanol–water partition coefficient (Wildman–Crippen LogP) is 3.15. The van der Waals surface area contributed by atoms with E-state index in [9.17, 15) is 4.79 Å². The van der Waals surface area contributed by atoms with Crippen molar-refractivity contribution in [1.82, 2.24) is 4.90 Å². The van der Waals surface area contributed by atoms with Crippen LogP contribution < -0.4 is 0 Å². The van der Waals surface area contributed by atoms with Crippen LogP contribution in [-0.2, 0) is 13.1 Å². The van der Waals surface area contributed by atoms with Crippen molar-refractivity contribution in [1.29, 1.82) is 0 Å². The third-order valence-electron chi connectivity index (χ3n) is 3.43. The van der Waals surface area contributed by atoms with E-state index in [0.29, 0.717) is 0 Å². The highest BCUT2D eigenvalue weighted by Gasteiger charge is 2.23. The molecule has 0 unspecified atom stereocenters. The van der Waals surface area contributed by atoms with Gasteiger partial charge in [0.25, 0.3) is 5.91 Å². The summed E-state index contributed by atoms with van der Waals surface area (Å²) in [5, 5.41) is 0. The van der Waals surface area contributed by atoms with E-state index >= 15 is 0 Å². The molecule has 2 heteroatoms. The van der Waals surface area contributed by atoms with Crippen LogP contribution in [0.4, 0.5) is 0 Å². The summed E-state index contributed by atoms with van der Waals surface area (Å²) in [4.78, 5) is 14.3. The van der Waals surface area contributed by atoms with E-state index in [2.05, 4.69) is 12.1 Å². The van der Waals surface area contributed by atoms with Crippen LogP contribution >= 0.6 is 0 Å². The molecular formula is C16H15NO. The van der Waals surface area contributed by atoms with Crippen molar-refractivity contribution >= 4 is 5.91 Å². The molecule has 0 fully saturated rings. The summed E-state index contributed by atoms with van der Waals surface area (Å²) in [5.74, 6) is 0.117. The van der Waals surface area contributed by atoms with Crippen molar-refractivity contribution in [2.45, 2.75) is 20.0 Å². The molecule has 0 saturated carbocycles. The van der Waals surface area contributed by atoms with Crippen molar-refractivity contribution in [3.8, 4) is 0 Å². The SMILES string of the molecule is Cc1ccc(C(=O)N2Cc3ccccc3C2)cc1. The number of amides is 1. The van der Waals surface area contributed by atoms with Crippen LogP contribution in [0.25, 0.3) is 0 Å². The molecule has 18 heavy (non-hydrogen) atoms. The molecule has 1 amide bonds. The van der Waals surface area contributed by atoms with E-state index in [1.807, 2.05) is 48.2 Å². The van der Waals surface area contributed by atoms with Crippen LogP contribution in [0.5, 0.6) is 0 Å². The fourth-order valence-electron chi connectivity index (χ4n) is 2.36. The van der Waals surface area contributed by atoms with Crippen LogP contribution in [0.2, 0.25) is 0 Å². The van der Waals surface area contributed by atoms with Crippen molar-refractivity contribution < 1.29 is 4.79 Å². The van der Waals surface area contributed by atoms with Gasteiger partial charge in [-0.05, 0) is 30.2 Å². The molecule has 0 spiro atoms. The Balaban J connectivity index is 1.82. The van der Waals surface area contributed by atoms with Gasteiger partial charge < -0.3 is 4.90 Å². The first kappa shape index (κ1) is 11.0. The van der Waals surface area contributed by atoms with E-state index < -0.39 is 0 Å². The Morgan fingerprint density at radius 1 is 0.944 bits per heavy atom. The molecule has 90 valence electrons. The van der Waals surface area contributed by atoms with Crippen LogP contribution in [0.15, 0.2) is 48.5 Å². The second kappa shape index (κ2) is 4.30. The minimum absolute atomic E-state index is 0.117. The number of hydrogen-bond donors (Lipinski definition) is 0. The Morgan fingerprint density at radius 2 is 1.50 bits per heavy atom. The van der Waals surface area contributed by atoms with Gasteiger partial charge >= 0.3 is 0 Å². The van der Waals surface area contributed by atoms with E-state index in [1.54, 1.807) is 0 Å². The predicted molar refractivity (Wildman–Crippen MR) is 71.2 cm³/mol. The maximum absolute atomic E-state index is 12.4. The molecule has 1 aliphatic heterocycles. The second-order valence-corrected chi connectivity index (χ2v) is 4.80. The van der Waals surface area contributed by atoms with E-state index in [1.165, 1.54) is 16.7 Å². The van der Waals surface area contributed by atoms with Crippen LogP contribution in [-0.4, -0.2) is 10.8 Å².